The minimum atomic E-state index is -1.36. The number of nitrogens with one attached hydrogen (secondary N) is 1. The monoisotopic (exact) mass is 336 g/mol. The maximum atomic E-state index is 11.2. The molecule has 0 aromatic heterocycles. The smallest absolute Gasteiger partial charge is 0.408 e. The minimum absolute atomic E-state index is 0.0208. The van der Waals surface area contributed by atoms with E-state index in [0.717, 1.165) is 0 Å². The third-order valence-corrected chi connectivity index (χ3v) is 2.42. The van der Waals surface area contributed by atoms with Gasteiger partial charge in [-0.1, -0.05) is 13.8 Å². The number of aliphatic hydroxyl groups is 1. The van der Waals surface area contributed by atoms with Gasteiger partial charge in [0.15, 0.2) is 6.04 Å². The van der Waals surface area contributed by atoms with Crippen LogP contribution < -0.4 is 11.1 Å². The van der Waals surface area contributed by atoms with Crippen molar-refractivity contribution in [2.24, 2.45) is 11.7 Å². The summed E-state index contributed by atoms with van der Waals surface area (Å²) in [5.74, 6) is -2.22. The first-order chi connectivity index (χ1) is 10.2. The van der Waals surface area contributed by atoms with E-state index >= 15 is 0 Å². The zero-order valence-corrected chi connectivity index (χ0v) is 14.4. The largest absolute Gasteiger partial charge is 0.480 e. The molecule has 0 fully saturated rings. The van der Waals surface area contributed by atoms with Crippen molar-refractivity contribution in [2.75, 3.05) is 0 Å². The van der Waals surface area contributed by atoms with E-state index in [-0.39, 0.29) is 5.92 Å². The summed E-state index contributed by atoms with van der Waals surface area (Å²) in [4.78, 5) is 31.8. The number of nitrogens with two attached hydrogens (primary N) is 1. The molecule has 0 saturated carbocycles. The minimum Gasteiger partial charge on any atom is -0.480 e. The second-order valence-electron chi connectivity index (χ2n) is 6.31. The first-order valence-corrected chi connectivity index (χ1v) is 7.07. The number of alkyl carbamates (subject to hydrolysis) is 1. The van der Waals surface area contributed by atoms with Gasteiger partial charge in [0.2, 0.25) is 0 Å². The molecule has 6 N–H and O–H groups in total. The summed E-state index contributed by atoms with van der Waals surface area (Å²) >= 11 is 0. The van der Waals surface area contributed by atoms with Crippen molar-refractivity contribution in [3.63, 3.8) is 0 Å². The molecule has 0 spiro atoms. The molecule has 9 nitrogen and oxygen atoms in total. The molecular weight excluding hydrogens is 308 g/mol. The molecule has 1 amide bonds. The van der Waals surface area contributed by atoms with Crippen molar-refractivity contribution in [1.82, 2.24) is 5.32 Å². The molecule has 0 aliphatic heterocycles. The Hall–Kier alpha value is -1.87. The Labute approximate surface area is 135 Å². The van der Waals surface area contributed by atoms with Gasteiger partial charge in [-0.3, -0.25) is 4.79 Å². The lowest BCUT2D eigenvalue weighted by molar-refractivity contribution is -0.142. The molecule has 0 aromatic carbocycles. The fourth-order valence-electron chi connectivity index (χ4n) is 1.11. The van der Waals surface area contributed by atoms with Gasteiger partial charge in [0.1, 0.15) is 11.6 Å². The highest BCUT2D eigenvalue weighted by molar-refractivity contribution is 5.80. The Bertz CT molecular complexity index is 402. The first kappa shape index (κ1) is 23.4. The third-order valence-electron chi connectivity index (χ3n) is 2.42. The molecule has 0 radical (unpaired) electrons. The lowest BCUT2D eigenvalue weighted by atomic mass is 10.1. The lowest BCUT2D eigenvalue weighted by Gasteiger charge is -2.22. The number of amides is 1. The second kappa shape index (κ2) is 10.0. The fraction of sp³-hybridized carbons (Fsp3) is 0.786. The number of aliphatic hydroxyl groups excluding tert-OH is 1. The van der Waals surface area contributed by atoms with Gasteiger partial charge >= 0.3 is 18.0 Å². The van der Waals surface area contributed by atoms with Crippen LogP contribution in [0, 0.1) is 5.92 Å². The Morgan fingerprint density at radius 1 is 1.04 bits per heavy atom. The third kappa shape index (κ3) is 12.4. The van der Waals surface area contributed by atoms with Crippen molar-refractivity contribution in [1.29, 1.82) is 0 Å². The predicted molar refractivity (Wildman–Crippen MR) is 82.9 cm³/mol. The highest BCUT2D eigenvalue weighted by atomic mass is 16.6. The van der Waals surface area contributed by atoms with Crippen LogP contribution in [0.25, 0.3) is 0 Å². The van der Waals surface area contributed by atoms with Crippen LogP contribution >= 0.6 is 0 Å². The van der Waals surface area contributed by atoms with E-state index in [0.29, 0.717) is 0 Å². The van der Waals surface area contributed by atoms with E-state index in [2.05, 4.69) is 5.32 Å². The number of hydrogen-bond donors (Lipinski definition) is 5. The molecule has 136 valence electrons. The average molecular weight is 336 g/mol. The molecular formula is C14H28N2O7. The molecule has 0 unspecified atom stereocenters. The summed E-state index contributed by atoms with van der Waals surface area (Å²) in [7, 11) is 0. The van der Waals surface area contributed by atoms with Gasteiger partial charge in [0.05, 0.1) is 6.10 Å². The number of hydrogen-bond acceptors (Lipinski definition) is 6. The molecule has 0 heterocycles. The van der Waals surface area contributed by atoms with Crippen LogP contribution in [0.2, 0.25) is 0 Å². The van der Waals surface area contributed by atoms with E-state index in [1.165, 1.54) is 6.92 Å². The SMILES string of the molecule is CC(C)[C@H](N)C(=O)O.C[C@@H](O)[C@H](NC(=O)OC(C)(C)C)C(=O)O. The van der Waals surface area contributed by atoms with E-state index in [4.69, 9.17) is 25.8 Å². The Balaban J connectivity index is 0. The average Bonchev–Trinajstić information content (AvgIpc) is 2.32. The van der Waals surface area contributed by atoms with Gasteiger partial charge in [-0.25, -0.2) is 9.59 Å². The zero-order chi connectivity index (χ0) is 19.0. The van der Waals surface area contributed by atoms with Crippen LogP contribution in [-0.2, 0) is 14.3 Å². The lowest BCUT2D eigenvalue weighted by Crippen LogP contribution is -2.49. The summed E-state index contributed by atoms with van der Waals surface area (Å²) in [6, 6.07) is -2.07. The zero-order valence-electron chi connectivity index (χ0n) is 14.4. The van der Waals surface area contributed by atoms with Crippen molar-refractivity contribution in [2.45, 2.75) is 65.3 Å². The predicted octanol–water partition coefficient (Wildman–Crippen LogP) is 0.399. The fourth-order valence-corrected chi connectivity index (χ4v) is 1.11. The molecule has 0 bridgehead atoms. The second-order valence-corrected chi connectivity index (χ2v) is 6.31. The molecule has 0 aliphatic carbocycles. The van der Waals surface area contributed by atoms with Gasteiger partial charge < -0.3 is 31.1 Å². The Morgan fingerprint density at radius 2 is 1.48 bits per heavy atom. The number of rotatable bonds is 5. The maximum absolute atomic E-state index is 11.2. The summed E-state index contributed by atoms with van der Waals surface area (Å²) in [6.45, 7) is 9.80. The molecule has 0 aromatic rings. The number of carbonyl (C=O) groups is 3. The van der Waals surface area contributed by atoms with E-state index < -0.39 is 41.8 Å². The van der Waals surface area contributed by atoms with E-state index in [1.54, 1.807) is 34.6 Å². The molecule has 0 saturated heterocycles. The van der Waals surface area contributed by atoms with Crippen LogP contribution in [0.15, 0.2) is 0 Å². The van der Waals surface area contributed by atoms with Crippen molar-refractivity contribution in [3.05, 3.63) is 0 Å². The molecule has 23 heavy (non-hydrogen) atoms. The van der Waals surface area contributed by atoms with E-state index in [1.807, 2.05) is 0 Å². The van der Waals surface area contributed by atoms with Gasteiger partial charge in [-0.05, 0) is 33.6 Å². The summed E-state index contributed by atoms with van der Waals surface area (Å²) < 4.78 is 4.84. The topological polar surface area (TPSA) is 159 Å². The van der Waals surface area contributed by atoms with Gasteiger partial charge in [-0.15, -0.1) is 0 Å². The van der Waals surface area contributed by atoms with E-state index in [9.17, 15) is 14.4 Å². The molecule has 0 rings (SSSR count). The van der Waals surface area contributed by atoms with Crippen molar-refractivity contribution < 1.29 is 34.4 Å². The van der Waals surface area contributed by atoms with Crippen LogP contribution in [0.4, 0.5) is 4.79 Å². The quantitative estimate of drug-likeness (QED) is 0.482. The summed E-state index contributed by atoms with van der Waals surface area (Å²) in [5, 5.41) is 28.0. The number of ether oxygens (including phenoxy) is 1. The van der Waals surface area contributed by atoms with Gasteiger partial charge in [0, 0.05) is 0 Å². The summed E-state index contributed by atoms with van der Waals surface area (Å²) in [5.41, 5.74) is 4.46. The van der Waals surface area contributed by atoms with Crippen molar-refractivity contribution >= 4 is 18.0 Å². The molecule has 0 aliphatic rings. The molecule has 9 heteroatoms. The molecule has 3 atom stereocenters. The Morgan fingerprint density at radius 3 is 1.65 bits per heavy atom. The summed E-state index contributed by atoms with van der Waals surface area (Å²) in [6.07, 6.45) is -2.05. The van der Waals surface area contributed by atoms with Crippen LogP contribution in [0.5, 0.6) is 0 Å². The first-order valence-electron chi connectivity index (χ1n) is 7.07. The van der Waals surface area contributed by atoms with Crippen molar-refractivity contribution in [3.8, 4) is 0 Å². The number of carboxylic acid groups (broad SMARTS) is 2. The Kier molecular flexibility index (Phi) is 10.2. The number of carbonyl (C=O) groups excluding carboxylic acids is 1. The number of aliphatic carboxylic acids is 2. The van der Waals surface area contributed by atoms with Crippen LogP contribution in [-0.4, -0.2) is 57.1 Å². The normalized spacial score (nSPS) is 14.8. The highest BCUT2D eigenvalue weighted by Gasteiger charge is 2.27. The highest BCUT2D eigenvalue weighted by Crippen LogP contribution is 2.07. The van der Waals surface area contributed by atoms with Gasteiger partial charge in [-0.2, -0.15) is 0 Å². The maximum Gasteiger partial charge on any atom is 0.408 e. The van der Waals surface area contributed by atoms with Gasteiger partial charge in [0.25, 0.3) is 0 Å². The standard InChI is InChI=1S/C9H17NO5.C5H11NO2/c1-5(11)6(7(12)13)10-8(14)15-9(2,3)4;1-3(2)4(6)5(7)8/h5-6,11H,1-4H3,(H,10,14)(H,12,13);3-4H,6H2,1-2H3,(H,7,8)/t5-,6+;4-/m10/s1. The van der Waals surface area contributed by atoms with Crippen LogP contribution in [0.3, 0.4) is 0 Å². The van der Waals surface area contributed by atoms with Crippen LogP contribution in [0.1, 0.15) is 41.5 Å². The number of carboxylic acids is 2.